The number of halogens is 1. The Morgan fingerprint density at radius 3 is 2.60 bits per heavy atom. The van der Waals surface area contributed by atoms with Crippen LogP contribution in [0.4, 0.5) is 4.39 Å². The zero-order chi connectivity index (χ0) is 11.1. The van der Waals surface area contributed by atoms with Gasteiger partial charge in [-0.3, -0.25) is 0 Å². The smallest absolute Gasteiger partial charge is 0.205 e. The Labute approximate surface area is 88.3 Å². The predicted octanol–water partition coefficient (Wildman–Crippen LogP) is 3.48. The van der Waals surface area contributed by atoms with Gasteiger partial charge in [0, 0.05) is 5.41 Å². The first-order chi connectivity index (χ1) is 6.98. The fourth-order valence-electron chi connectivity index (χ4n) is 1.26. The van der Waals surface area contributed by atoms with E-state index in [2.05, 4.69) is 0 Å². The molecule has 0 bridgehead atoms. The molecule has 2 rings (SSSR count). The molecule has 0 saturated heterocycles. The molecule has 15 heavy (non-hydrogen) atoms. The van der Waals surface area contributed by atoms with Gasteiger partial charge in [-0.15, -0.1) is 0 Å². The van der Waals surface area contributed by atoms with Crippen LogP contribution in [0.1, 0.15) is 20.8 Å². The Bertz CT molecular complexity index is 416. The highest BCUT2D eigenvalue weighted by Crippen LogP contribution is 2.39. The summed E-state index contributed by atoms with van der Waals surface area (Å²) in [4.78, 5) is 0. The average molecular weight is 208 g/mol. The highest BCUT2D eigenvalue weighted by molar-refractivity contribution is 5.44. The van der Waals surface area contributed by atoms with Crippen LogP contribution < -0.4 is 9.47 Å². The highest BCUT2D eigenvalue weighted by atomic mass is 19.1. The molecule has 80 valence electrons. The van der Waals surface area contributed by atoms with Gasteiger partial charge in [-0.2, -0.15) is 0 Å². The van der Waals surface area contributed by atoms with Gasteiger partial charge in [-0.05, 0) is 12.1 Å². The van der Waals surface area contributed by atoms with Crippen molar-refractivity contribution in [2.75, 3.05) is 0 Å². The molecule has 0 aliphatic carbocycles. The van der Waals surface area contributed by atoms with E-state index in [1.807, 2.05) is 20.8 Å². The molecule has 0 spiro atoms. The van der Waals surface area contributed by atoms with Gasteiger partial charge in [-0.25, -0.2) is 4.39 Å². The minimum Gasteiger partial charge on any atom is -0.457 e. The van der Waals surface area contributed by atoms with Crippen LogP contribution in [0.15, 0.2) is 30.2 Å². The van der Waals surface area contributed by atoms with Crippen LogP contribution in [0.5, 0.6) is 11.5 Å². The zero-order valence-electron chi connectivity index (χ0n) is 9.00. The molecule has 0 amide bonds. The van der Waals surface area contributed by atoms with E-state index in [1.54, 1.807) is 12.1 Å². The highest BCUT2D eigenvalue weighted by Gasteiger charge is 2.26. The molecule has 0 atom stereocenters. The SMILES string of the molecule is CC(C)(C)C1=COc2cccc(F)c2O1. The van der Waals surface area contributed by atoms with Crippen molar-refractivity contribution in [2.45, 2.75) is 20.8 Å². The van der Waals surface area contributed by atoms with Gasteiger partial charge in [0.15, 0.2) is 11.6 Å². The summed E-state index contributed by atoms with van der Waals surface area (Å²) >= 11 is 0. The first kappa shape index (κ1) is 10.0. The summed E-state index contributed by atoms with van der Waals surface area (Å²) in [6.07, 6.45) is 1.53. The number of benzene rings is 1. The van der Waals surface area contributed by atoms with Crippen molar-refractivity contribution >= 4 is 0 Å². The molecule has 0 radical (unpaired) electrons. The Morgan fingerprint density at radius 2 is 1.93 bits per heavy atom. The lowest BCUT2D eigenvalue weighted by Gasteiger charge is -2.26. The molecular formula is C12H13FO2. The van der Waals surface area contributed by atoms with Gasteiger partial charge in [0.2, 0.25) is 5.75 Å². The maximum absolute atomic E-state index is 13.4. The normalized spacial score (nSPS) is 14.8. The van der Waals surface area contributed by atoms with Gasteiger partial charge >= 0.3 is 0 Å². The number of allylic oxidation sites excluding steroid dienone is 1. The summed E-state index contributed by atoms with van der Waals surface area (Å²) in [5.41, 5.74) is -0.194. The monoisotopic (exact) mass is 208 g/mol. The van der Waals surface area contributed by atoms with Gasteiger partial charge < -0.3 is 9.47 Å². The Hall–Kier alpha value is -1.51. The van der Waals surface area contributed by atoms with E-state index in [0.29, 0.717) is 11.5 Å². The summed E-state index contributed by atoms with van der Waals surface area (Å²) in [5, 5.41) is 0. The molecule has 0 N–H and O–H groups in total. The van der Waals surface area contributed by atoms with Crippen LogP contribution in [-0.2, 0) is 0 Å². The van der Waals surface area contributed by atoms with Crippen LogP contribution in [0.2, 0.25) is 0 Å². The second-order valence-electron chi connectivity index (χ2n) is 4.52. The molecule has 0 unspecified atom stereocenters. The van der Waals surface area contributed by atoms with Crippen molar-refractivity contribution < 1.29 is 13.9 Å². The minimum atomic E-state index is -0.401. The lowest BCUT2D eigenvalue weighted by Crippen LogP contribution is -2.19. The zero-order valence-corrected chi connectivity index (χ0v) is 9.00. The molecule has 1 aliphatic rings. The maximum atomic E-state index is 13.4. The quantitative estimate of drug-likeness (QED) is 0.649. The molecule has 0 fully saturated rings. The Balaban J connectivity index is 2.37. The average Bonchev–Trinajstić information content (AvgIpc) is 2.16. The van der Waals surface area contributed by atoms with Crippen LogP contribution in [0, 0.1) is 11.2 Å². The fourth-order valence-corrected chi connectivity index (χ4v) is 1.26. The van der Waals surface area contributed by atoms with Crippen LogP contribution in [-0.4, -0.2) is 0 Å². The third-order valence-electron chi connectivity index (χ3n) is 2.18. The van der Waals surface area contributed by atoms with E-state index in [-0.39, 0.29) is 11.2 Å². The summed E-state index contributed by atoms with van der Waals surface area (Å²) in [7, 11) is 0. The van der Waals surface area contributed by atoms with Crippen molar-refractivity contribution in [1.29, 1.82) is 0 Å². The van der Waals surface area contributed by atoms with E-state index in [4.69, 9.17) is 9.47 Å². The van der Waals surface area contributed by atoms with E-state index in [0.717, 1.165) is 0 Å². The van der Waals surface area contributed by atoms with Gasteiger partial charge in [0.25, 0.3) is 0 Å². The molecule has 1 aliphatic heterocycles. The van der Waals surface area contributed by atoms with Crippen LogP contribution >= 0.6 is 0 Å². The summed E-state index contributed by atoms with van der Waals surface area (Å²) in [6.45, 7) is 5.94. The van der Waals surface area contributed by atoms with E-state index < -0.39 is 5.82 Å². The molecule has 1 heterocycles. The van der Waals surface area contributed by atoms with Crippen LogP contribution in [0.3, 0.4) is 0 Å². The third-order valence-corrected chi connectivity index (χ3v) is 2.18. The Morgan fingerprint density at radius 1 is 1.20 bits per heavy atom. The molecule has 1 aromatic carbocycles. The number of rotatable bonds is 0. The summed E-state index contributed by atoms with van der Waals surface area (Å²) in [6, 6.07) is 4.62. The van der Waals surface area contributed by atoms with Crippen molar-refractivity contribution in [2.24, 2.45) is 5.41 Å². The first-order valence-corrected chi connectivity index (χ1v) is 4.82. The minimum absolute atomic E-state index is 0.171. The van der Waals surface area contributed by atoms with Gasteiger partial charge in [-0.1, -0.05) is 26.8 Å². The van der Waals surface area contributed by atoms with Gasteiger partial charge in [0.05, 0.1) is 0 Å². The number of fused-ring (bicyclic) bond motifs is 1. The lowest BCUT2D eigenvalue weighted by molar-refractivity contribution is 0.233. The summed E-state index contributed by atoms with van der Waals surface area (Å²) in [5.74, 6) is 0.815. The lowest BCUT2D eigenvalue weighted by atomic mass is 9.94. The largest absolute Gasteiger partial charge is 0.457 e. The second-order valence-corrected chi connectivity index (χ2v) is 4.52. The number of ether oxygens (including phenoxy) is 2. The molecule has 3 heteroatoms. The van der Waals surface area contributed by atoms with E-state index in [1.165, 1.54) is 12.3 Å². The Kier molecular flexibility index (Phi) is 2.18. The predicted molar refractivity (Wildman–Crippen MR) is 55.2 cm³/mol. The second kappa shape index (κ2) is 3.26. The fraction of sp³-hybridized carbons (Fsp3) is 0.333. The van der Waals surface area contributed by atoms with Crippen LogP contribution in [0.25, 0.3) is 0 Å². The summed E-state index contributed by atoms with van der Waals surface area (Å²) < 4.78 is 24.2. The number of hydrogen-bond acceptors (Lipinski definition) is 2. The topological polar surface area (TPSA) is 18.5 Å². The van der Waals surface area contributed by atoms with E-state index >= 15 is 0 Å². The van der Waals surface area contributed by atoms with E-state index in [9.17, 15) is 4.39 Å². The first-order valence-electron chi connectivity index (χ1n) is 4.82. The standard InChI is InChI=1S/C12H13FO2/c1-12(2,3)10-7-14-9-6-4-5-8(13)11(9)15-10/h4-7H,1-3H3. The van der Waals surface area contributed by atoms with Crippen molar-refractivity contribution in [3.8, 4) is 11.5 Å². The molecular weight excluding hydrogens is 195 g/mol. The molecule has 1 aromatic rings. The maximum Gasteiger partial charge on any atom is 0.205 e. The van der Waals surface area contributed by atoms with Gasteiger partial charge in [0.1, 0.15) is 12.0 Å². The molecule has 0 saturated carbocycles. The number of hydrogen-bond donors (Lipinski definition) is 0. The molecule has 2 nitrogen and oxygen atoms in total. The van der Waals surface area contributed by atoms with Crippen molar-refractivity contribution in [3.05, 3.63) is 36.0 Å². The van der Waals surface area contributed by atoms with Crippen molar-refractivity contribution in [3.63, 3.8) is 0 Å². The third kappa shape index (κ3) is 1.82. The number of para-hydroxylation sites is 1. The molecule has 0 aromatic heterocycles. The van der Waals surface area contributed by atoms with Crippen molar-refractivity contribution in [1.82, 2.24) is 0 Å².